The van der Waals surface area contributed by atoms with E-state index in [1.54, 1.807) is 6.20 Å². The number of thioether (sulfide) groups is 1. The fourth-order valence-corrected chi connectivity index (χ4v) is 3.14. The fraction of sp³-hybridized carbons (Fsp3) is 0.600. The molecule has 1 amide bonds. The van der Waals surface area contributed by atoms with Gasteiger partial charge in [-0.05, 0) is 31.6 Å². The van der Waals surface area contributed by atoms with Crippen LogP contribution in [0, 0.1) is 6.92 Å². The first-order valence-corrected chi connectivity index (χ1v) is 8.45. The van der Waals surface area contributed by atoms with Gasteiger partial charge in [0.25, 0.3) is 5.91 Å². The molecule has 1 aliphatic heterocycles. The van der Waals surface area contributed by atoms with E-state index in [1.165, 1.54) is 0 Å². The molecule has 0 bridgehead atoms. The number of amides is 1. The average molecular weight is 293 g/mol. The first-order chi connectivity index (χ1) is 9.72. The lowest BCUT2D eigenvalue weighted by Crippen LogP contribution is -2.33. The highest BCUT2D eigenvalue weighted by Gasteiger charge is 2.20. The van der Waals surface area contributed by atoms with Gasteiger partial charge in [0, 0.05) is 37.3 Å². The molecule has 0 unspecified atom stereocenters. The number of aromatic nitrogens is 1. The Balaban J connectivity index is 2.18. The van der Waals surface area contributed by atoms with Crippen LogP contribution in [0.3, 0.4) is 0 Å². The Bertz CT molecular complexity index is 456. The number of nitrogens with one attached hydrogen (secondary N) is 1. The maximum absolute atomic E-state index is 12.7. The standard InChI is InChI=1S/C15H23N3OS/c1-3-5-16-14-10-12(2)17-11-13(14)15(19)18-6-4-8-20-9-7-18/h10-11H,3-9H2,1-2H3,(H,16,17). The molecule has 20 heavy (non-hydrogen) atoms. The van der Waals surface area contributed by atoms with Crippen molar-refractivity contribution in [3.05, 3.63) is 23.5 Å². The predicted octanol–water partition coefficient (Wildman–Crippen LogP) is 2.79. The molecule has 2 rings (SSSR count). The van der Waals surface area contributed by atoms with Crippen molar-refractivity contribution < 1.29 is 4.79 Å². The third-order valence-electron chi connectivity index (χ3n) is 3.35. The lowest BCUT2D eigenvalue weighted by molar-refractivity contribution is 0.0769. The van der Waals surface area contributed by atoms with Gasteiger partial charge in [0.1, 0.15) is 0 Å². The summed E-state index contributed by atoms with van der Waals surface area (Å²) in [6.07, 6.45) is 3.83. The molecule has 0 atom stereocenters. The topological polar surface area (TPSA) is 45.2 Å². The molecule has 5 heteroatoms. The van der Waals surface area contributed by atoms with Crippen LogP contribution in [0.5, 0.6) is 0 Å². The Labute approximate surface area is 125 Å². The molecule has 0 saturated carbocycles. The van der Waals surface area contributed by atoms with E-state index in [-0.39, 0.29) is 5.91 Å². The van der Waals surface area contributed by atoms with Crippen LogP contribution < -0.4 is 5.32 Å². The van der Waals surface area contributed by atoms with Gasteiger partial charge in [0.2, 0.25) is 0 Å². The second kappa shape index (κ2) is 7.53. The van der Waals surface area contributed by atoms with E-state index in [0.29, 0.717) is 5.56 Å². The monoisotopic (exact) mass is 293 g/mol. The van der Waals surface area contributed by atoms with Gasteiger partial charge in [0.05, 0.1) is 11.3 Å². The summed E-state index contributed by atoms with van der Waals surface area (Å²) in [5.74, 6) is 2.29. The van der Waals surface area contributed by atoms with Crippen LogP contribution in [0.15, 0.2) is 12.3 Å². The highest BCUT2D eigenvalue weighted by atomic mass is 32.2. The molecule has 1 saturated heterocycles. The minimum Gasteiger partial charge on any atom is -0.384 e. The molecule has 1 fully saturated rings. The maximum atomic E-state index is 12.7. The number of hydrogen-bond acceptors (Lipinski definition) is 4. The van der Waals surface area contributed by atoms with Crippen molar-refractivity contribution in [2.75, 3.05) is 36.5 Å². The second-order valence-corrected chi connectivity index (χ2v) is 6.28. The van der Waals surface area contributed by atoms with Crippen molar-refractivity contribution in [1.82, 2.24) is 9.88 Å². The van der Waals surface area contributed by atoms with Gasteiger partial charge < -0.3 is 10.2 Å². The number of pyridine rings is 1. The Morgan fingerprint density at radius 1 is 1.45 bits per heavy atom. The number of carbonyl (C=O) groups excluding carboxylic acids is 1. The number of aryl methyl sites for hydroxylation is 1. The second-order valence-electron chi connectivity index (χ2n) is 5.06. The van der Waals surface area contributed by atoms with Crippen molar-refractivity contribution >= 4 is 23.4 Å². The molecular formula is C15H23N3OS. The minimum atomic E-state index is 0.110. The molecule has 0 spiro atoms. The van der Waals surface area contributed by atoms with Gasteiger partial charge in [-0.2, -0.15) is 11.8 Å². The average Bonchev–Trinajstić information content (AvgIpc) is 2.73. The number of anilines is 1. The molecule has 1 aromatic rings. The van der Waals surface area contributed by atoms with E-state index in [2.05, 4.69) is 17.2 Å². The van der Waals surface area contributed by atoms with Crippen molar-refractivity contribution in [1.29, 1.82) is 0 Å². The molecule has 0 radical (unpaired) electrons. The normalized spacial score (nSPS) is 15.8. The van der Waals surface area contributed by atoms with E-state index in [9.17, 15) is 4.79 Å². The zero-order valence-corrected chi connectivity index (χ0v) is 13.1. The third-order valence-corrected chi connectivity index (χ3v) is 4.39. The van der Waals surface area contributed by atoms with E-state index in [4.69, 9.17) is 0 Å². The lowest BCUT2D eigenvalue weighted by atomic mass is 10.1. The molecular weight excluding hydrogens is 270 g/mol. The Morgan fingerprint density at radius 2 is 2.30 bits per heavy atom. The summed E-state index contributed by atoms with van der Waals surface area (Å²) in [4.78, 5) is 18.9. The first kappa shape index (κ1) is 15.2. The van der Waals surface area contributed by atoms with Crippen LogP contribution in [-0.4, -0.2) is 46.9 Å². The summed E-state index contributed by atoms with van der Waals surface area (Å²) in [7, 11) is 0. The molecule has 0 aromatic carbocycles. The highest BCUT2D eigenvalue weighted by Crippen LogP contribution is 2.20. The van der Waals surface area contributed by atoms with Crippen LogP contribution >= 0.6 is 11.8 Å². The maximum Gasteiger partial charge on any atom is 0.257 e. The van der Waals surface area contributed by atoms with Crippen LogP contribution in [0.1, 0.15) is 35.8 Å². The number of hydrogen-bond donors (Lipinski definition) is 1. The zero-order chi connectivity index (χ0) is 14.4. The Hall–Kier alpha value is -1.23. The van der Waals surface area contributed by atoms with Crippen LogP contribution in [0.25, 0.3) is 0 Å². The molecule has 1 N–H and O–H groups in total. The van der Waals surface area contributed by atoms with Gasteiger partial charge in [-0.1, -0.05) is 6.92 Å². The SMILES string of the molecule is CCCNc1cc(C)ncc1C(=O)N1CCCSCC1. The third kappa shape index (κ3) is 3.88. The summed E-state index contributed by atoms with van der Waals surface area (Å²) in [6.45, 7) is 6.64. The van der Waals surface area contributed by atoms with E-state index in [0.717, 1.165) is 55.4 Å². The van der Waals surface area contributed by atoms with E-state index < -0.39 is 0 Å². The zero-order valence-electron chi connectivity index (χ0n) is 12.3. The van der Waals surface area contributed by atoms with E-state index in [1.807, 2.05) is 29.7 Å². The van der Waals surface area contributed by atoms with E-state index >= 15 is 0 Å². The van der Waals surface area contributed by atoms with Crippen LogP contribution in [0.2, 0.25) is 0 Å². The molecule has 0 aliphatic carbocycles. The van der Waals surface area contributed by atoms with Gasteiger partial charge in [0.15, 0.2) is 0 Å². The number of rotatable bonds is 4. The molecule has 1 aliphatic rings. The predicted molar refractivity (Wildman–Crippen MR) is 85.6 cm³/mol. The van der Waals surface area contributed by atoms with Crippen molar-refractivity contribution in [2.45, 2.75) is 26.7 Å². The fourth-order valence-electron chi connectivity index (χ4n) is 2.26. The summed E-state index contributed by atoms with van der Waals surface area (Å²) in [6, 6.07) is 1.97. The van der Waals surface area contributed by atoms with Crippen molar-refractivity contribution in [3.63, 3.8) is 0 Å². The Kier molecular flexibility index (Phi) is 5.71. The van der Waals surface area contributed by atoms with Crippen molar-refractivity contribution in [2.24, 2.45) is 0 Å². The summed E-state index contributed by atoms with van der Waals surface area (Å²) in [5, 5.41) is 3.35. The quantitative estimate of drug-likeness (QED) is 0.927. The first-order valence-electron chi connectivity index (χ1n) is 7.30. The minimum absolute atomic E-state index is 0.110. The van der Waals surface area contributed by atoms with Gasteiger partial charge >= 0.3 is 0 Å². The van der Waals surface area contributed by atoms with Gasteiger partial charge in [-0.3, -0.25) is 9.78 Å². The summed E-state index contributed by atoms with van der Waals surface area (Å²) >= 11 is 1.93. The summed E-state index contributed by atoms with van der Waals surface area (Å²) in [5.41, 5.74) is 2.56. The largest absolute Gasteiger partial charge is 0.384 e. The Morgan fingerprint density at radius 3 is 3.10 bits per heavy atom. The molecule has 4 nitrogen and oxygen atoms in total. The van der Waals surface area contributed by atoms with Crippen molar-refractivity contribution in [3.8, 4) is 0 Å². The number of carbonyl (C=O) groups is 1. The van der Waals surface area contributed by atoms with Crippen LogP contribution in [0.4, 0.5) is 5.69 Å². The molecule has 110 valence electrons. The molecule has 2 heterocycles. The number of nitrogens with zero attached hydrogens (tertiary/aromatic N) is 2. The molecule has 1 aromatic heterocycles. The van der Waals surface area contributed by atoms with Crippen LogP contribution in [-0.2, 0) is 0 Å². The lowest BCUT2D eigenvalue weighted by Gasteiger charge is -2.21. The smallest absolute Gasteiger partial charge is 0.257 e. The highest BCUT2D eigenvalue weighted by molar-refractivity contribution is 7.99. The summed E-state index contributed by atoms with van der Waals surface area (Å²) < 4.78 is 0. The van der Waals surface area contributed by atoms with Gasteiger partial charge in [-0.25, -0.2) is 0 Å². The van der Waals surface area contributed by atoms with Gasteiger partial charge in [-0.15, -0.1) is 0 Å².